The van der Waals surface area contributed by atoms with Gasteiger partial charge in [0.2, 0.25) is 0 Å². The van der Waals surface area contributed by atoms with E-state index in [0.29, 0.717) is 0 Å². The largest absolute Gasteiger partial charge is 0.316 e. The van der Waals surface area contributed by atoms with Crippen LogP contribution >= 0.6 is 0 Å². The lowest BCUT2D eigenvalue weighted by Gasteiger charge is -1.88. The van der Waals surface area contributed by atoms with Gasteiger partial charge in [0.15, 0.2) is 0 Å². The van der Waals surface area contributed by atoms with Crippen LogP contribution < -0.4 is 5.56 Å². The summed E-state index contributed by atoms with van der Waals surface area (Å²) in [6.45, 7) is -2.86. The summed E-state index contributed by atoms with van der Waals surface area (Å²) < 4.78 is 42.1. The third-order valence-corrected chi connectivity index (χ3v) is 0.572. The summed E-state index contributed by atoms with van der Waals surface area (Å²) in [6, 6.07) is 0. The number of aromatic nitrogens is 2. The summed E-state index contributed by atoms with van der Waals surface area (Å²) in [5.74, 6) is 0. The van der Waals surface area contributed by atoms with Crippen molar-refractivity contribution < 1.29 is 8.22 Å². The smallest absolute Gasteiger partial charge is 0.268 e. The minimum Gasteiger partial charge on any atom is -0.316 e. The minimum atomic E-state index is -2.86. The second-order valence-electron chi connectivity index (χ2n) is 1.09. The van der Waals surface area contributed by atoms with Crippen LogP contribution in [-0.4, -0.2) is 9.55 Å². The maximum Gasteiger partial charge on any atom is 0.268 e. The van der Waals surface area contributed by atoms with Gasteiger partial charge >= 0.3 is 0 Å². The van der Waals surface area contributed by atoms with Gasteiger partial charge in [-0.15, -0.1) is 0 Å². The van der Waals surface area contributed by atoms with E-state index in [9.17, 15) is 4.79 Å². The molecule has 0 saturated heterocycles. The minimum absolute atomic E-state index is 0.102. The molecule has 1 heterocycles. The van der Waals surface area contributed by atoms with Crippen molar-refractivity contribution in [3.05, 3.63) is 28.9 Å². The number of nitrogens with zero attached hydrogens (tertiary/aromatic N) is 2. The van der Waals surface area contributed by atoms with Gasteiger partial charge in [0.1, 0.15) is 0 Å². The van der Waals surface area contributed by atoms with Crippen LogP contribution in [0.3, 0.4) is 0 Å². The van der Waals surface area contributed by atoms with E-state index >= 15 is 0 Å². The van der Waals surface area contributed by atoms with Gasteiger partial charge in [-0.05, 0) is 0 Å². The van der Waals surface area contributed by atoms with Gasteiger partial charge < -0.3 is 4.57 Å². The van der Waals surface area contributed by atoms with Crippen molar-refractivity contribution >= 4 is 0 Å². The second kappa shape index (κ2) is 1.78. The third kappa shape index (κ3) is 0.753. The van der Waals surface area contributed by atoms with Crippen LogP contribution in [0, 0.1) is 0 Å². The van der Waals surface area contributed by atoms with E-state index in [-0.39, 0.29) is 4.57 Å². The number of hydrogen-bond donors (Lipinski definition) is 0. The third-order valence-electron chi connectivity index (χ3n) is 0.572. The van der Waals surface area contributed by atoms with Gasteiger partial charge in [-0.25, -0.2) is 0 Å². The molecule has 0 radical (unpaired) electrons. The predicted octanol–water partition coefficient (Wildman–Crippen LogP) is -0.220. The Morgan fingerprint density at radius 3 is 3.75 bits per heavy atom. The Labute approximate surface area is 55.0 Å². The number of rotatable bonds is 0. The zero-order chi connectivity index (χ0) is 11.1. The van der Waals surface area contributed by atoms with Gasteiger partial charge in [0.25, 0.3) is 5.56 Å². The number of hydrogen-bond acceptors (Lipinski definition) is 2. The van der Waals surface area contributed by atoms with Crippen LogP contribution in [-0.2, 0) is 6.98 Å². The highest BCUT2D eigenvalue weighted by atomic mass is 16.1. The summed E-state index contributed by atoms with van der Waals surface area (Å²) in [5, 5.41) is 0. The van der Waals surface area contributed by atoms with Gasteiger partial charge in [-0.2, -0.15) is 0 Å². The summed E-state index contributed by atoms with van der Waals surface area (Å²) in [7, 11) is 0. The van der Waals surface area contributed by atoms with Crippen LogP contribution in [0.2, 0.25) is 0 Å². The van der Waals surface area contributed by atoms with Crippen molar-refractivity contribution in [2.24, 2.45) is 6.98 Å². The Morgan fingerprint density at radius 1 is 2.12 bits per heavy atom. The van der Waals surface area contributed by atoms with E-state index in [1.165, 1.54) is 0 Å². The van der Waals surface area contributed by atoms with Crippen LogP contribution in [0.1, 0.15) is 8.22 Å². The van der Waals surface area contributed by atoms with Gasteiger partial charge in [0, 0.05) is 23.4 Å². The zero-order valence-corrected chi connectivity index (χ0v) is 3.80. The summed E-state index contributed by atoms with van der Waals surface area (Å²) in [5.41, 5.74) is -1.19. The van der Waals surface area contributed by atoms with Crippen molar-refractivity contribution in [3.8, 4) is 0 Å². The quantitative estimate of drug-likeness (QED) is 0.469. The first kappa shape index (κ1) is 1.43. The van der Waals surface area contributed by atoms with Gasteiger partial charge in [0.05, 0.1) is 10.3 Å². The topological polar surface area (TPSA) is 34.9 Å². The first-order valence-electron chi connectivity index (χ1n) is 4.82. The Morgan fingerprint density at radius 2 is 3.00 bits per heavy atom. The molecule has 8 heavy (non-hydrogen) atoms. The lowest BCUT2D eigenvalue weighted by Crippen LogP contribution is -2.14. The first-order chi connectivity index (χ1) is 6.25. The Kier molecular flexibility index (Phi) is 0.318. The highest BCUT2D eigenvalue weighted by Crippen LogP contribution is 1.66. The van der Waals surface area contributed by atoms with Crippen LogP contribution in [0.25, 0.3) is 0 Å². The van der Waals surface area contributed by atoms with Gasteiger partial charge in [-0.1, -0.05) is 0 Å². The molecule has 1 rings (SSSR count). The van der Waals surface area contributed by atoms with Crippen molar-refractivity contribution in [2.45, 2.75) is 0 Å². The molecule has 1 aromatic heterocycles. The average molecular weight is 116 g/mol. The Hall–Kier alpha value is -1.12. The maximum atomic E-state index is 11.1. The normalized spacial score (nSPS) is 21.5. The summed E-state index contributed by atoms with van der Waals surface area (Å²) in [6.07, 6.45) is -2.36. The molecule has 3 heteroatoms. The summed E-state index contributed by atoms with van der Waals surface area (Å²) >= 11 is 0. The SMILES string of the molecule is [2H]c1nc([2H])c(=O)n(C([2H])([2H])[2H])c1[2H]. The van der Waals surface area contributed by atoms with E-state index in [1.54, 1.807) is 0 Å². The fourth-order valence-electron chi connectivity index (χ4n) is 0.252. The molecule has 0 aromatic carbocycles. The molecule has 0 bridgehead atoms. The second-order valence-corrected chi connectivity index (χ2v) is 1.09. The Balaban J connectivity index is 3.65. The molecule has 0 saturated carbocycles. The van der Waals surface area contributed by atoms with Crippen molar-refractivity contribution in [3.63, 3.8) is 0 Å². The standard InChI is InChI=1S/C5H6N2O/c1-7-3-2-6-4-5(7)8/h2-4H,1H3/i1D3,2D,3D,4D. The van der Waals surface area contributed by atoms with Crippen molar-refractivity contribution in [2.75, 3.05) is 0 Å². The highest BCUT2D eigenvalue weighted by molar-refractivity contribution is 4.77. The summed E-state index contributed by atoms with van der Waals surface area (Å²) in [4.78, 5) is 14.2. The van der Waals surface area contributed by atoms with E-state index in [0.717, 1.165) is 0 Å². The van der Waals surface area contributed by atoms with Crippen LogP contribution in [0.15, 0.2) is 23.3 Å². The molecule has 0 atom stereocenters. The Bertz CT molecular complexity index is 421. The predicted molar refractivity (Wildman–Crippen MR) is 29.5 cm³/mol. The highest BCUT2D eigenvalue weighted by Gasteiger charge is 1.80. The molecule has 0 aliphatic carbocycles. The first-order valence-corrected chi connectivity index (χ1v) is 1.82. The molecule has 0 aliphatic rings. The monoisotopic (exact) mass is 116 g/mol. The molecule has 0 amide bonds. The maximum absolute atomic E-state index is 11.1. The molecule has 1 aromatic rings. The molecular weight excluding hydrogens is 104 g/mol. The van der Waals surface area contributed by atoms with Crippen molar-refractivity contribution in [1.29, 1.82) is 0 Å². The van der Waals surface area contributed by atoms with E-state index < -0.39 is 31.1 Å². The average Bonchev–Trinajstić information content (AvgIpc) is 1.98. The fourth-order valence-corrected chi connectivity index (χ4v) is 0.252. The molecule has 0 aliphatic heterocycles. The molecular formula is C5H6N2O. The lowest BCUT2D eigenvalue weighted by atomic mass is 10.7. The van der Waals surface area contributed by atoms with Crippen LogP contribution in [0.5, 0.6) is 0 Å². The molecule has 0 unspecified atom stereocenters. The van der Waals surface area contributed by atoms with E-state index in [2.05, 4.69) is 4.98 Å². The molecule has 0 spiro atoms. The lowest BCUT2D eigenvalue weighted by molar-refractivity contribution is 0.841. The van der Waals surface area contributed by atoms with Crippen molar-refractivity contribution in [1.82, 2.24) is 9.55 Å². The van der Waals surface area contributed by atoms with E-state index in [4.69, 9.17) is 8.22 Å². The zero-order valence-electron chi connectivity index (χ0n) is 9.80. The molecule has 3 nitrogen and oxygen atoms in total. The van der Waals surface area contributed by atoms with Gasteiger partial charge in [-0.3, -0.25) is 9.78 Å². The van der Waals surface area contributed by atoms with E-state index in [1.807, 2.05) is 0 Å². The molecule has 0 N–H and O–H groups in total. The molecule has 42 valence electrons. The molecule has 0 fully saturated rings. The fraction of sp³-hybridized carbons (Fsp3) is 0.200. The van der Waals surface area contributed by atoms with Crippen LogP contribution in [0.4, 0.5) is 0 Å².